The molecule has 0 amide bonds. The van der Waals surface area contributed by atoms with Crippen LogP contribution in [0.25, 0.3) is 0 Å². The van der Waals surface area contributed by atoms with E-state index in [-0.39, 0.29) is 12.3 Å². The molecule has 0 aromatic carbocycles. The third-order valence-corrected chi connectivity index (χ3v) is 2.42. The van der Waals surface area contributed by atoms with Gasteiger partial charge in [-0.05, 0) is 28.9 Å². The van der Waals surface area contributed by atoms with E-state index < -0.39 is 5.97 Å². The maximum Gasteiger partial charge on any atom is 0.304 e. The molecule has 0 aliphatic rings. The van der Waals surface area contributed by atoms with Gasteiger partial charge in [-0.3, -0.25) is 4.79 Å². The molecule has 3 nitrogen and oxygen atoms in total. The van der Waals surface area contributed by atoms with E-state index in [4.69, 9.17) is 10.8 Å². The maximum absolute atomic E-state index is 10.4. The number of aliphatic carboxylic acids is 1. The lowest BCUT2D eigenvalue weighted by molar-refractivity contribution is -0.137. The van der Waals surface area contributed by atoms with E-state index >= 15 is 0 Å². The monoisotopic (exact) mass is 185 g/mol. The first-order valence-electron chi connectivity index (χ1n) is 3.68. The van der Waals surface area contributed by atoms with Gasteiger partial charge in [-0.1, -0.05) is 0 Å². The summed E-state index contributed by atoms with van der Waals surface area (Å²) in [5.41, 5.74) is 6.49. The molecule has 0 saturated heterocycles. The smallest absolute Gasteiger partial charge is 0.304 e. The lowest BCUT2D eigenvalue weighted by Crippen LogP contribution is -2.15. The Labute approximate surface area is 74.8 Å². The average molecular weight is 185 g/mol. The molecule has 0 aliphatic heterocycles. The Balaban J connectivity index is 2.63. The second-order valence-electron chi connectivity index (χ2n) is 2.59. The van der Waals surface area contributed by atoms with Gasteiger partial charge in [-0.25, -0.2) is 0 Å². The van der Waals surface area contributed by atoms with E-state index in [0.717, 1.165) is 5.56 Å². The van der Waals surface area contributed by atoms with Crippen molar-refractivity contribution in [1.29, 1.82) is 0 Å². The summed E-state index contributed by atoms with van der Waals surface area (Å²) in [5, 5.41) is 12.4. The average Bonchev–Trinajstić information content (AvgIpc) is 2.51. The Morgan fingerprint density at radius 1 is 1.75 bits per heavy atom. The van der Waals surface area contributed by atoms with Gasteiger partial charge in [-0.15, -0.1) is 0 Å². The van der Waals surface area contributed by atoms with Crippen molar-refractivity contribution < 1.29 is 9.90 Å². The Morgan fingerprint density at radius 2 is 2.50 bits per heavy atom. The van der Waals surface area contributed by atoms with Crippen LogP contribution in [0, 0.1) is 0 Å². The molecule has 1 atom stereocenters. The predicted molar refractivity (Wildman–Crippen MR) is 48.4 cm³/mol. The molecule has 3 N–H and O–H groups in total. The van der Waals surface area contributed by atoms with E-state index in [1.165, 1.54) is 0 Å². The first-order chi connectivity index (χ1) is 5.74. The molecule has 4 heteroatoms. The van der Waals surface area contributed by atoms with E-state index in [1.807, 2.05) is 16.8 Å². The first kappa shape index (κ1) is 9.22. The number of carboxylic acid groups (broad SMARTS) is 1. The summed E-state index contributed by atoms with van der Waals surface area (Å²) in [6.45, 7) is 0.392. The summed E-state index contributed by atoms with van der Waals surface area (Å²) in [7, 11) is 0. The van der Waals surface area contributed by atoms with Crippen LogP contribution in [0.3, 0.4) is 0 Å². The molecule has 1 heterocycles. The van der Waals surface area contributed by atoms with Crippen LogP contribution in [0.5, 0.6) is 0 Å². The molecular formula is C8H11NO2S. The van der Waals surface area contributed by atoms with Gasteiger partial charge < -0.3 is 10.8 Å². The summed E-state index contributed by atoms with van der Waals surface area (Å²) < 4.78 is 0. The maximum atomic E-state index is 10.4. The Hall–Kier alpha value is -0.870. The third kappa shape index (κ3) is 2.32. The molecule has 0 fully saturated rings. The minimum atomic E-state index is -0.795. The zero-order valence-electron chi connectivity index (χ0n) is 6.56. The van der Waals surface area contributed by atoms with Crippen LogP contribution in [0.1, 0.15) is 17.9 Å². The topological polar surface area (TPSA) is 63.3 Å². The lowest BCUT2D eigenvalue weighted by atomic mass is 9.99. The summed E-state index contributed by atoms with van der Waals surface area (Å²) in [4.78, 5) is 10.4. The highest BCUT2D eigenvalue weighted by molar-refractivity contribution is 7.07. The van der Waals surface area contributed by atoms with E-state index in [9.17, 15) is 4.79 Å². The van der Waals surface area contributed by atoms with Gasteiger partial charge in [0.25, 0.3) is 0 Å². The largest absolute Gasteiger partial charge is 0.481 e. The van der Waals surface area contributed by atoms with Crippen LogP contribution in [-0.2, 0) is 4.79 Å². The van der Waals surface area contributed by atoms with Gasteiger partial charge in [0.2, 0.25) is 0 Å². The molecule has 1 aromatic rings. The minimum Gasteiger partial charge on any atom is -0.481 e. The quantitative estimate of drug-likeness (QED) is 0.742. The highest BCUT2D eigenvalue weighted by atomic mass is 32.1. The van der Waals surface area contributed by atoms with Crippen LogP contribution >= 0.6 is 11.3 Å². The summed E-state index contributed by atoms with van der Waals surface area (Å²) >= 11 is 1.56. The lowest BCUT2D eigenvalue weighted by Gasteiger charge is -2.09. The van der Waals surface area contributed by atoms with Gasteiger partial charge in [0.1, 0.15) is 0 Å². The van der Waals surface area contributed by atoms with E-state index in [1.54, 1.807) is 11.3 Å². The fraction of sp³-hybridized carbons (Fsp3) is 0.375. The molecule has 0 radical (unpaired) electrons. The highest BCUT2D eigenvalue weighted by Gasteiger charge is 2.13. The molecule has 0 spiro atoms. The highest BCUT2D eigenvalue weighted by Crippen LogP contribution is 2.20. The molecule has 0 bridgehead atoms. The fourth-order valence-electron chi connectivity index (χ4n) is 1.06. The number of hydrogen-bond donors (Lipinski definition) is 2. The van der Waals surface area contributed by atoms with Crippen LogP contribution in [-0.4, -0.2) is 17.6 Å². The number of carboxylic acids is 1. The van der Waals surface area contributed by atoms with Crippen molar-refractivity contribution in [2.24, 2.45) is 5.73 Å². The second kappa shape index (κ2) is 4.23. The van der Waals surface area contributed by atoms with E-state index in [0.29, 0.717) is 6.54 Å². The standard InChI is InChI=1S/C8H11NO2S/c9-4-7(3-8(10)11)6-1-2-12-5-6/h1-2,5,7H,3-4,9H2,(H,10,11)/t7-/m0/s1. The van der Waals surface area contributed by atoms with E-state index in [2.05, 4.69) is 0 Å². The van der Waals surface area contributed by atoms with Gasteiger partial charge in [-0.2, -0.15) is 11.3 Å². The molecule has 0 unspecified atom stereocenters. The molecule has 66 valence electrons. The van der Waals surface area contributed by atoms with Crippen molar-refractivity contribution in [1.82, 2.24) is 0 Å². The van der Waals surface area contributed by atoms with Crippen molar-refractivity contribution in [2.45, 2.75) is 12.3 Å². The van der Waals surface area contributed by atoms with Gasteiger partial charge >= 0.3 is 5.97 Å². The fourth-order valence-corrected chi connectivity index (χ4v) is 1.80. The number of hydrogen-bond acceptors (Lipinski definition) is 3. The zero-order chi connectivity index (χ0) is 8.97. The summed E-state index contributed by atoms with van der Waals surface area (Å²) in [5.74, 6) is -0.828. The summed E-state index contributed by atoms with van der Waals surface area (Å²) in [6.07, 6.45) is 0.118. The molecule has 1 rings (SSSR count). The van der Waals surface area contributed by atoms with Crippen molar-refractivity contribution in [3.63, 3.8) is 0 Å². The second-order valence-corrected chi connectivity index (χ2v) is 3.37. The summed E-state index contributed by atoms with van der Waals surface area (Å²) in [6, 6.07) is 1.92. The Kier molecular flexibility index (Phi) is 3.25. The van der Waals surface area contributed by atoms with Crippen molar-refractivity contribution in [3.8, 4) is 0 Å². The third-order valence-electron chi connectivity index (χ3n) is 1.72. The molecular weight excluding hydrogens is 174 g/mol. The van der Waals surface area contributed by atoms with Gasteiger partial charge in [0, 0.05) is 5.92 Å². The number of nitrogens with two attached hydrogens (primary N) is 1. The predicted octanol–water partition coefficient (Wildman–Crippen LogP) is 1.27. The SMILES string of the molecule is NC[C@H](CC(=O)O)c1ccsc1. The molecule has 1 aromatic heterocycles. The first-order valence-corrected chi connectivity index (χ1v) is 4.62. The Morgan fingerprint density at radius 3 is 2.92 bits per heavy atom. The number of rotatable bonds is 4. The number of carbonyl (C=O) groups is 1. The molecule has 0 aliphatic carbocycles. The number of thiophene rings is 1. The normalized spacial score (nSPS) is 12.8. The van der Waals surface area contributed by atoms with Crippen molar-refractivity contribution in [2.75, 3.05) is 6.54 Å². The van der Waals surface area contributed by atoms with Gasteiger partial charge in [0.05, 0.1) is 6.42 Å². The van der Waals surface area contributed by atoms with Crippen LogP contribution < -0.4 is 5.73 Å². The zero-order valence-corrected chi connectivity index (χ0v) is 7.38. The molecule has 0 saturated carbocycles. The van der Waals surface area contributed by atoms with Crippen LogP contribution in [0.15, 0.2) is 16.8 Å². The minimum absolute atomic E-state index is 0.0336. The van der Waals surface area contributed by atoms with Gasteiger partial charge in [0.15, 0.2) is 0 Å². The van der Waals surface area contributed by atoms with Crippen molar-refractivity contribution >= 4 is 17.3 Å². The molecule has 12 heavy (non-hydrogen) atoms. The van der Waals surface area contributed by atoms with Crippen LogP contribution in [0.2, 0.25) is 0 Å². The van der Waals surface area contributed by atoms with Crippen LogP contribution in [0.4, 0.5) is 0 Å². The Bertz CT molecular complexity index is 246. The van der Waals surface area contributed by atoms with Crippen molar-refractivity contribution in [3.05, 3.63) is 22.4 Å².